The number of likely N-dealkylation sites (tertiary alicyclic amines) is 1. The van der Waals surface area contributed by atoms with Crippen LogP contribution in [0.3, 0.4) is 0 Å². The van der Waals surface area contributed by atoms with Gasteiger partial charge in [-0.1, -0.05) is 18.6 Å². The predicted octanol–water partition coefficient (Wildman–Crippen LogP) is 2.69. The zero-order chi connectivity index (χ0) is 19.2. The molecular formula is C18H26F3N3O2. The van der Waals surface area contributed by atoms with E-state index < -0.39 is 11.7 Å². The van der Waals surface area contributed by atoms with Gasteiger partial charge in [-0.3, -0.25) is 4.90 Å². The molecule has 0 bridgehead atoms. The molecular weight excluding hydrogens is 347 g/mol. The van der Waals surface area contributed by atoms with Gasteiger partial charge in [-0.2, -0.15) is 13.2 Å². The van der Waals surface area contributed by atoms with E-state index in [1.54, 1.807) is 13.1 Å². The monoisotopic (exact) mass is 373 g/mol. The molecule has 0 radical (unpaired) electrons. The van der Waals surface area contributed by atoms with Gasteiger partial charge in [0.1, 0.15) is 0 Å². The summed E-state index contributed by atoms with van der Waals surface area (Å²) in [5, 5.41) is 12.2. The number of aliphatic hydroxyl groups is 1. The lowest BCUT2D eigenvalue weighted by atomic mass is 10.0. The van der Waals surface area contributed by atoms with Gasteiger partial charge in [0, 0.05) is 32.7 Å². The Morgan fingerprint density at radius 3 is 2.85 bits per heavy atom. The molecule has 5 nitrogen and oxygen atoms in total. The highest BCUT2D eigenvalue weighted by Crippen LogP contribution is 2.29. The number of carbonyl (C=O) groups excluding carboxylic acids is 1. The SMILES string of the molecule is CN(Cc1cccc(C(F)(F)F)c1)C(=O)NCCN1CCCCC1CO. The largest absolute Gasteiger partial charge is 0.416 e. The fourth-order valence-corrected chi connectivity index (χ4v) is 3.19. The first-order valence-electron chi connectivity index (χ1n) is 8.81. The summed E-state index contributed by atoms with van der Waals surface area (Å²) in [6.45, 7) is 2.19. The maximum atomic E-state index is 12.8. The van der Waals surface area contributed by atoms with Crippen LogP contribution in [0.25, 0.3) is 0 Å². The molecule has 146 valence electrons. The van der Waals surface area contributed by atoms with E-state index in [1.165, 1.54) is 11.0 Å². The van der Waals surface area contributed by atoms with E-state index in [2.05, 4.69) is 10.2 Å². The Morgan fingerprint density at radius 1 is 1.38 bits per heavy atom. The summed E-state index contributed by atoms with van der Waals surface area (Å²) >= 11 is 0. The molecule has 1 fully saturated rings. The highest BCUT2D eigenvalue weighted by atomic mass is 19.4. The summed E-state index contributed by atoms with van der Waals surface area (Å²) < 4.78 is 38.3. The minimum atomic E-state index is -4.39. The molecule has 0 saturated carbocycles. The summed E-state index contributed by atoms with van der Waals surface area (Å²) in [4.78, 5) is 15.7. The van der Waals surface area contributed by atoms with Gasteiger partial charge in [0.25, 0.3) is 0 Å². The Hall–Kier alpha value is -1.80. The van der Waals surface area contributed by atoms with Crippen molar-refractivity contribution in [2.75, 3.05) is 33.3 Å². The van der Waals surface area contributed by atoms with Crippen LogP contribution >= 0.6 is 0 Å². The van der Waals surface area contributed by atoms with E-state index in [9.17, 15) is 23.1 Å². The van der Waals surface area contributed by atoms with Crippen LogP contribution in [0.2, 0.25) is 0 Å². The number of hydrogen-bond donors (Lipinski definition) is 2. The summed E-state index contributed by atoms with van der Waals surface area (Å²) in [5.41, 5.74) is -0.294. The van der Waals surface area contributed by atoms with Crippen LogP contribution in [0.1, 0.15) is 30.4 Å². The Balaban J connectivity index is 1.80. The van der Waals surface area contributed by atoms with Gasteiger partial charge >= 0.3 is 12.2 Å². The minimum Gasteiger partial charge on any atom is -0.395 e. The Kier molecular flexibility index (Phi) is 7.28. The Labute approximate surface area is 151 Å². The van der Waals surface area contributed by atoms with Crippen molar-refractivity contribution in [3.63, 3.8) is 0 Å². The van der Waals surface area contributed by atoms with Gasteiger partial charge in [-0.25, -0.2) is 4.79 Å². The molecule has 2 rings (SSSR count). The number of urea groups is 1. The fraction of sp³-hybridized carbons (Fsp3) is 0.611. The summed E-state index contributed by atoms with van der Waals surface area (Å²) in [6, 6.07) is 4.79. The molecule has 26 heavy (non-hydrogen) atoms. The third-order valence-electron chi connectivity index (χ3n) is 4.66. The molecule has 0 aromatic heterocycles. The second-order valence-electron chi connectivity index (χ2n) is 6.65. The number of carbonyl (C=O) groups is 1. The van der Waals surface area contributed by atoms with Gasteiger partial charge < -0.3 is 15.3 Å². The van der Waals surface area contributed by atoms with Crippen LogP contribution in [0.4, 0.5) is 18.0 Å². The summed E-state index contributed by atoms with van der Waals surface area (Å²) in [6.07, 6.45) is -1.25. The molecule has 1 aromatic rings. The highest BCUT2D eigenvalue weighted by molar-refractivity contribution is 5.73. The van der Waals surface area contributed by atoms with Crippen molar-refractivity contribution in [3.8, 4) is 0 Å². The fourth-order valence-electron chi connectivity index (χ4n) is 3.19. The average Bonchev–Trinajstić information content (AvgIpc) is 2.61. The Bertz CT molecular complexity index is 595. The van der Waals surface area contributed by atoms with Crippen molar-refractivity contribution in [1.29, 1.82) is 0 Å². The minimum absolute atomic E-state index is 0.0960. The lowest BCUT2D eigenvalue weighted by Gasteiger charge is -2.34. The second kappa shape index (κ2) is 9.23. The number of hydrogen-bond acceptors (Lipinski definition) is 3. The second-order valence-corrected chi connectivity index (χ2v) is 6.65. The van der Waals surface area contributed by atoms with Gasteiger partial charge in [-0.05, 0) is 37.1 Å². The number of rotatable bonds is 6. The van der Waals surface area contributed by atoms with Gasteiger partial charge in [0.05, 0.1) is 12.2 Å². The van der Waals surface area contributed by atoms with Crippen molar-refractivity contribution < 1.29 is 23.1 Å². The van der Waals surface area contributed by atoms with E-state index in [4.69, 9.17) is 0 Å². The number of amides is 2. The van der Waals surface area contributed by atoms with E-state index in [-0.39, 0.29) is 25.2 Å². The molecule has 2 amide bonds. The molecule has 0 spiro atoms. The smallest absolute Gasteiger partial charge is 0.395 e. The molecule has 1 saturated heterocycles. The molecule has 1 aliphatic heterocycles. The number of nitrogens with one attached hydrogen (secondary N) is 1. The molecule has 0 aliphatic carbocycles. The van der Waals surface area contributed by atoms with E-state index in [0.29, 0.717) is 18.7 Å². The van der Waals surface area contributed by atoms with E-state index in [1.807, 2.05) is 0 Å². The van der Waals surface area contributed by atoms with Crippen LogP contribution < -0.4 is 5.32 Å². The number of piperidine rings is 1. The zero-order valence-corrected chi connectivity index (χ0v) is 14.9. The van der Waals surface area contributed by atoms with Gasteiger partial charge in [-0.15, -0.1) is 0 Å². The van der Waals surface area contributed by atoms with Crippen LogP contribution in [0.5, 0.6) is 0 Å². The van der Waals surface area contributed by atoms with Crippen molar-refractivity contribution in [1.82, 2.24) is 15.1 Å². The Morgan fingerprint density at radius 2 is 2.15 bits per heavy atom. The maximum Gasteiger partial charge on any atom is 0.416 e. The quantitative estimate of drug-likeness (QED) is 0.806. The number of aliphatic hydroxyl groups excluding tert-OH is 1. The summed E-state index contributed by atoms with van der Waals surface area (Å²) in [7, 11) is 1.55. The predicted molar refractivity (Wildman–Crippen MR) is 92.6 cm³/mol. The van der Waals surface area contributed by atoms with Gasteiger partial charge in [0.15, 0.2) is 0 Å². The summed E-state index contributed by atoms with van der Waals surface area (Å²) in [5.74, 6) is 0. The number of alkyl halides is 3. The van der Waals surface area contributed by atoms with Crippen LogP contribution in [0.15, 0.2) is 24.3 Å². The highest BCUT2D eigenvalue weighted by Gasteiger charge is 2.30. The molecule has 1 unspecified atom stereocenters. The number of halogens is 3. The molecule has 2 N–H and O–H groups in total. The first-order chi connectivity index (χ1) is 12.3. The topological polar surface area (TPSA) is 55.8 Å². The van der Waals surface area contributed by atoms with Crippen LogP contribution in [-0.2, 0) is 12.7 Å². The number of nitrogens with zero attached hydrogens (tertiary/aromatic N) is 2. The standard InChI is InChI=1S/C18H26F3N3O2/c1-23(12-14-5-4-6-15(11-14)18(19,20)21)17(26)22-8-10-24-9-3-2-7-16(24)13-25/h4-6,11,16,25H,2-3,7-10,12-13H2,1H3,(H,22,26). The van der Waals surface area contributed by atoms with Crippen molar-refractivity contribution >= 4 is 6.03 Å². The van der Waals surface area contributed by atoms with E-state index in [0.717, 1.165) is 37.9 Å². The van der Waals surface area contributed by atoms with Crippen molar-refractivity contribution in [2.45, 2.75) is 38.0 Å². The van der Waals surface area contributed by atoms with Crippen molar-refractivity contribution in [2.24, 2.45) is 0 Å². The zero-order valence-electron chi connectivity index (χ0n) is 14.9. The third-order valence-corrected chi connectivity index (χ3v) is 4.66. The lowest BCUT2D eigenvalue weighted by Crippen LogP contribution is -2.47. The number of benzene rings is 1. The van der Waals surface area contributed by atoms with Crippen molar-refractivity contribution in [3.05, 3.63) is 35.4 Å². The first-order valence-corrected chi connectivity index (χ1v) is 8.81. The molecule has 1 aromatic carbocycles. The lowest BCUT2D eigenvalue weighted by molar-refractivity contribution is -0.137. The van der Waals surface area contributed by atoms with Crippen LogP contribution in [-0.4, -0.2) is 60.3 Å². The first kappa shape index (κ1) is 20.5. The van der Waals surface area contributed by atoms with Gasteiger partial charge in [0.2, 0.25) is 0 Å². The van der Waals surface area contributed by atoms with E-state index >= 15 is 0 Å². The average molecular weight is 373 g/mol. The van der Waals surface area contributed by atoms with Crippen LogP contribution in [0, 0.1) is 0 Å². The third kappa shape index (κ3) is 5.88. The molecule has 1 aliphatic rings. The molecule has 1 atom stereocenters. The molecule has 1 heterocycles. The maximum absolute atomic E-state index is 12.8. The molecule has 8 heteroatoms. The normalized spacial score (nSPS) is 18.6.